The molecule has 1 fully saturated rings. The van der Waals surface area contributed by atoms with Crippen LogP contribution in [-0.2, 0) is 11.2 Å². The molecule has 1 aromatic carbocycles. The van der Waals surface area contributed by atoms with E-state index in [1.165, 1.54) is 0 Å². The van der Waals surface area contributed by atoms with Crippen LogP contribution >= 0.6 is 12.2 Å². The topological polar surface area (TPSA) is 75.1 Å². The average Bonchev–Trinajstić information content (AvgIpc) is 3.42. The van der Waals surface area contributed by atoms with Crippen LogP contribution in [0.3, 0.4) is 0 Å². The molecule has 0 saturated carbocycles. The molecular weight excluding hydrogens is 504 g/mol. The molecule has 5 rings (SSSR count). The van der Waals surface area contributed by atoms with Gasteiger partial charge in [0.05, 0.1) is 17.8 Å². The van der Waals surface area contributed by atoms with Gasteiger partial charge in [-0.2, -0.15) is 0 Å². The second-order valence-corrected chi connectivity index (χ2v) is 10.3. The fourth-order valence-electron chi connectivity index (χ4n) is 5.49. The normalized spacial score (nSPS) is 16.8. The van der Waals surface area contributed by atoms with Gasteiger partial charge in [0.2, 0.25) is 5.91 Å². The number of amides is 1. The van der Waals surface area contributed by atoms with Gasteiger partial charge in [-0.25, -0.2) is 4.98 Å². The van der Waals surface area contributed by atoms with E-state index in [-0.39, 0.29) is 18.0 Å². The molecular formula is C31H34N6OS. The summed E-state index contributed by atoms with van der Waals surface area (Å²) in [5.74, 6) is 0.885. The zero-order valence-electron chi connectivity index (χ0n) is 22.8. The highest BCUT2D eigenvalue weighted by Gasteiger charge is 2.41. The minimum Gasteiger partial charge on any atom is -0.352 e. The number of thiocarbonyl (C=S) groups is 1. The molecule has 1 amide bonds. The molecule has 2 atom stereocenters. The third-order valence-corrected chi connectivity index (χ3v) is 7.78. The molecule has 8 heteroatoms. The Labute approximate surface area is 235 Å². The monoisotopic (exact) mass is 538 g/mol. The standard InChI is InChI=1S/C31H34N6OS/c1-5-23-12-6-7-13-25(23)34-27(38)15-18-36-29(28(35-31(36)39)26-14-8-9-16-32-26)24-19-21(3)37(22(24)4)30-20(2)11-10-17-33-30/h6-14,16-17,19,28-29H,5,15,18H2,1-4H3,(H,34,38)(H,35,39). The van der Waals surface area contributed by atoms with E-state index in [0.717, 1.165) is 51.7 Å². The molecule has 2 N–H and O–H groups in total. The summed E-state index contributed by atoms with van der Waals surface area (Å²) in [5.41, 5.74) is 7.32. The van der Waals surface area contributed by atoms with Gasteiger partial charge in [-0.1, -0.05) is 37.3 Å². The van der Waals surface area contributed by atoms with E-state index in [0.29, 0.717) is 18.1 Å². The number of aryl methyl sites for hydroxylation is 3. The Morgan fingerprint density at radius 2 is 1.79 bits per heavy atom. The quantitative estimate of drug-likeness (QED) is 0.278. The van der Waals surface area contributed by atoms with Crippen molar-refractivity contribution in [1.82, 2.24) is 24.8 Å². The van der Waals surface area contributed by atoms with Crippen LogP contribution in [0.1, 0.15) is 59.2 Å². The maximum Gasteiger partial charge on any atom is 0.226 e. The summed E-state index contributed by atoms with van der Waals surface area (Å²) in [6.07, 6.45) is 4.80. The molecule has 4 heterocycles. The van der Waals surface area contributed by atoms with Gasteiger partial charge < -0.3 is 20.1 Å². The second-order valence-electron chi connectivity index (χ2n) is 9.93. The number of pyridine rings is 2. The van der Waals surface area contributed by atoms with Gasteiger partial charge in [-0.05, 0) is 86.4 Å². The van der Waals surface area contributed by atoms with Crippen LogP contribution in [0.5, 0.6) is 0 Å². The molecule has 200 valence electrons. The van der Waals surface area contributed by atoms with Crippen LogP contribution < -0.4 is 10.6 Å². The Balaban J connectivity index is 1.47. The van der Waals surface area contributed by atoms with Gasteiger partial charge in [0.1, 0.15) is 5.82 Å². The van der Waals surface area contributed by atoms with Crippen molar-refractivity contribution in [3.63, 3.8) is 0 Å². The lowest BCUT2D eigenvalue weighted by molar-refractivity contribution is -0.116. The predicted octanol–water partition coefficient (Wildman–Crippen LogP) is 5.76. The fourth-order valence-corrected chi connectivity index (χ4v) is 5.83. The number of nitrogens with zero attached hydrogens (tertiary/aromatic N) is 4. The van der Waals surface area contributed by atoms with Crippen molar-refractivity contribution < 1.29 is 4.79 Å². The van der Waals surface area contributed by atoms with Crippen LogP contribution in [0.4, 0.5) is 5.69 Å². The number of anilines is 1. The van der Waals surface area contributed by atoms with E-state index in [1.807, 2.05) is 54.7 Å². The van der Waals surface area contributed by atoms with Crippen molar-refractivity contribution in [2.75, 3.05) is 11.9 Å². The smallest absolute Gasteiger partial charge is 0.226 e. The maximum absolute atomic E-state index is 13.1. The van der Waals surface area contributed by atoms with Crippen molar-refractivity contribution in [2.24, 2.45) is 0 Å². The van der Waals surface area contributed by atoms with Gasteiger partial charge >= 0.3 is 0 Å². The Bertz CT molecular complexity index is 1500. The Morgan fingerprint density at radius 3 is 2.54 bits per heavy atom. The first-order valence-corrected chi connectivity index (χ1v) is 13.8. The largest absolute Gasteiger partial charge is 0.352 e. The molecule has 2 unspecified atom stereocenters. The highest BCUT2D eigenvalue weighted by molar-refractivity contribution is 7.80. The van der Waals surface area contributed by atoms with E-state index in [9.17, 15) is 4.79 Å². The number of nitrogens with one attached hydrogen (secondary N) is 2. The Kier molecular flexibility index (Phi) is 7.74. The third kappa shape index (κ3) is 5.29. The van der Waals surface area contributed by atoms with Crippen molar-refractivity contribution in [3.8, 4) is 5.82 Å². The zero-order chi connectivity index (χ0) is 27.5. The number of hydrogen-bond acceptors (Lipinski definition) is 4. The summed E-state index contributed by atoms with van der Waals surface area (Å²) in [7, 11) is 0. The number of hydrogen-bond donors (Lipinski definition) is 2. The van der Waals surface area contributed by atoms with Gasteiger partial charge in [0.15, 0.2) is 5.11 Å². The first-order chi connectivity index (χ1) is 18.9. The van der Waals surface area contributed by atoms with E-state index in [1.54, 1.807) is 6.20 Å². The maximum atomic E-state index is 13.1. The molecule has 39 heavy (non-hydrogen) atoms. The molecule has 3 aromatic heterocycles. The molecule has 1 aliphatic rings. The first-order valence-electron chi connectivity index (χ1n) is 13.4. The first kappa shape index (κ1) is 26.6. The predicted molar refractivity (Wildman–Crippen MR) is 159 cm³/mol. The summed E-state index contributed by atoms with van der Waals surface area (Å²) in [6, 6.07) is 19.8. The minimum absolute atomic E-state index is 0.0340. The Hall–Kier alpha value is -4.04. The summed E-state index contributed by atoms with van der Waals surface area (Å²) in [5, 5.41) is 7.22. The van der Waals surface area contributed by atoms with E-state index in [4.69, 9.17) is 12.2 Å². The van der Waals surface area contributed by atoms with Crippen molar-refractivity contribution in [1.29, 1.82) is 0 Å². The lowest BCUT2D eigenvalue weighted by Gasteiger charge is -2.28. The van der Waals surface area contributed by atoms with E-state index < -0.39 is 0 Å². The summed E-state index contributed by atoms with van der Waals surface area (Å²) < 4.78 is 2.20. The molecule has 7 nitrogen and oxygen atoms in total. The minimum atomic E-state index is -0.152. The number of para-hydroxylation sites is 1. The number of rotatable bonds is 8. The van der Waals surface area contributed by atoms with Crippen LogP contribution in [-0.4, -0.2) is 37.0 Å². The average molecular weight is 539 g/mol. The van der Waals surface area contributed by atoms with Gasteiger partial charge in [0.25, 0.3) is 0 Å². The number of carbonyl (C=O) groups excluding carboxylic acids is 1. The van der Waals surface area contributed by atoms with Gasteiger partial charge in [-0.15, -0.1) is 0 Å². The molecule has 1 aliphatic heterocycles. The molecule has 1 saturated heterocycles. The molecule has 0 radical (unpaired) electrons. The number of aromatic nitrogens is 3. The number of carbonyl (C=O) groups is 1. The summed E-state index contributed by atoms with van der Waals surface area (Å²) in [4.78, 5) is 24.5. The summed E-state index contributed by atoms with van der Waals surface area (Å²) in [6.45, 7) is 8.87. The van der Waals surface area contributed by atoms with Gasteiger partial charge in [-0.3, -0.25) is 9.78 Å². The molecule has 0 aliphatic carbocycles. The lowest BCUT2D eigenvalue weighted by atomic mass is 9.96. The van der Waals surface area contributed by atoms with Crippen molar-refractivity contribution >= 4 is 28.9 Å². The van der Waals surface area contributed by atoms with Crippen LogP contribution in [0.25, 0.3) is 5.82 Å². The number of benzene rings is 1. The van der Waals surface area contributed by atoms with E-state index >= 15 is 0 Å². The molecule has 0 bridgehead atoms. The second kappa shape index (κ2) is 11.4. The highest BCUT2D eigenvalue weighted by Crippen LogP contribution is 2.41. The van der Waals surface area contributed by atoms with Crippen molar-refractivity contribution in [2.45, 2.75) is 52.6 Å². The van der Waals surface area contributed by atoms with Crippen molar-refractivity contribution in [3.05, 3.63) is 107 Å². The van der Waals surface area contributed by atoms with Crippen LogP contribution in [0, 0.1) is 20.8 Å². The SMILES string of the molecule is CCc1ccccc1NC(=O)CCN1C(=S)NC(c2ccccn2)C1c1cc(C)n(-c2ncccc2C)c1C. The third-order valence-electron chi connectivity index (χ3n) is 7.43. The van der Waals surface area contributed by atoms with E-state index in [2.05, 4.69) is 69.9 Å². The Morgan fingerprint density at radius 1 is 1.03 bits per heavy atom. The van der Waals surface area contributed by atoms with Crippen LogP contribution in [0.15, 0.2) is 73.1 Å². The van der Waals surface area contributed by atoms with Crippen LogP contribution in [0.2, 0.25) is 0 Å². The lowest BCUT2D eigenvalue weighted by Crippen LogP contribution is -2.33. The molecule has 0 spiro atoms. The van der Waals surface area contributed by atoms with Gasteiger partial charge in [0, 0.05) is 42.4 Å². The zero-order valence-corrected chi connectivity index (χ0v) is 23.6. The summed E-state index contributed by atoms with van der Waals surface area (Å²) >= 11 is 5.85. The highest BCUT2D eigenvalue weighted by atomic mass is 32.1. The fraction of sp³-hybridized carbons (Fsp3) is 0.290. The molecule has 4 aromatic rings.